The van der Waals surface area contributed by atoms with Crippen molar-refractivity contribution in [3.05, 3.63) is 23.8 Å². The van der Waals surface area contributed by atoms with Gasteiger partial charge in [0, 0.05) is 6.04 Å². The highest BCUT2D eigenvalue weighted by Crippen LogP contribution is 2.32. The number of hydrogen-bond acceptors (Lipinski definition) is 3. The normalized spacial score (nSPS) is 12.2. The Labute approximate surface area is 123 Å². The minimum Gasteiger partial charge on any atom is -0.496 e. The molecule has 0 spiro atoms. The summed E-state index contributed by atoms with van der Waals surface area (Å²) < 4.78 is 11.2. The molecule has 1 aromatic carbocycles. The molecule has 20 heavy (non-hydrogen) atoms. The first-order valence-electron chi connectivity index (χ1n) is 7.76. The molecular formula is C17H29NO2. The lowest BCUT2D eigenvalue weighted by Crippen LogP contribution is -2.10. The van der Waals surface area contributed by atoms with Gasteiger partial charge in [-0.15, -0.1) is 0 Å². The van der Waals surface area contributed by atoms with Crippen LogP contribution < -0.4 is 15.2 Å². The molecule has 0 aliphatic heterocycles. The molecule has 0 fully saturated rings. The van der Waals surface area contributed by atoms with Crippen molar-refractivity contribution in [1.82, 2.24) is 0 Å². The van der Waals surface area contributed by atoms with Crippen molar-refractivity contribution in [3.8, 4) is 11.5 Å². The quantitative estimate of drug-likeness (QED) is 0.643. The fraction of sp³-hybridized carbons (Fsp3) is 0.647. The summed E-state index contributed by atoms with van der Waals surface area (Å²) in [7, 11) is 1.67. The summed E-state index contributed by atoms with van der Waals surface area (Å²) in [5, 5.41) is 0. The Bertz CT molecular complexity index is 377. The summed E-state index contributed by atoms with van der Waals surface area (Å²) in [4.78, 5) is 0. The lowest BCUT2D eigenvalue weighted by Gasteiger charge is -2.17. The van der Waals surface area contributed by atoms with E-state index in [1.807, 2.05) is 25.1 Å². The number of nitrogens with two attached hydrogens (primary N) is 1. The van der Waals surface area contributed by atoms with E-state index in [-0.39, 0.29) is 6.04 Å². The molecule has 0 saturated carbocycles. The van der Waals surface area contributed by atoms with E-state index >= 15 is 0 Å². The minimum absolute atomic E-state index is 0.0919. The summed E-state index contributed by atoms with van der Waals surface area (Å²) in [6, 6.07) is 5.75. The lowest BCUT2D eigenvalue weighted by molar-refractivity contribution is 0.296. The second kappa shape index (κ2) is 9.65. The van der Waals surface area contributed by atoms with Crippen molar-refractivity contribution in [2.45, 2.75) is 58.4 Å². The SMILES string of the molecule is CCCCCCCCOc1cccc(OC)c1[C@@H](C)N. The van der Waals surface area contributed by atoms with Gasteiger partial charge in [0.1, 0.15) is 11.5 Å². The van der Waals surface area contributed by atoms with E-state index in [1.54, 1.807) is 7.11 Å². The fourth-order valence-electron chi connectivity index (χ4n) is 2.34. The van der Waals surface area contributed by atoms with Crippen LogP contribution in [0.3, 0.4) is 0 Å². The molecule has 0 amide bonds. The van der Waals surface area contributed by atoms with E-state index in [1.165, 1.54) is 32.1 Å². The third kappa shape index (κ3) is 5.41. The fourth-order valence-corrected chi connectivity index (χ4v) is 2.34. The third-order valence-corrected chi connectivity index (χ3v) is 3.46. The molecule has 0 radical (unpaired) electrons. The number of ether oxygens (including phenoxy) is 2. The van der Waals surface area contributed by atoms with Crippen molar-refractivity contribution >= 4 is 0 Å². The van der Waals surface area contributed by atoms with Gasteiger partial charge in [-0.1, -0.05) is 45.1 Å². The number of methoxy groups -OCH3 is 1. The third-order valence-electron chi connectivity index (χ3n) is 3.46. The molecule has 0 saturated heterocycles. The number of benzene rings is 1. The average Bonchev–Trinajstić information content (AvgIpc) is 2.45. The standard InChI is InChI=1S/C17H29NO2/c1-4-5-6-7-8-9-13-20-16-12-10-11-15(19-3)17(16)14(2)18/h10-12,14H,4-9,13,18H2,1-3H3/t14-/m1/s1. The first-order chi connectivity index (χ1) is 9.70. The highest BCUT2D eigenvalue weighted by molar-refractivity contribution is 5.46. The molecule has 2 N–H and O–H groups in total. The van der Waals surface area contributed by atoms with Gasteiger partial charge in [0.15, 0.2) is 0 Å². The van der Waals surface area contributed by atoms with Crippen LogP contribution in [-0.2, 0) is 0 Å². The van der Waals surface area contributed by atoms with Crippen molar-refractivity contribution < 1.29 is 9.47 Å². The van der Waals surface area contributed by atoms with Crippen LogP contribution in [0.25, 0.3) is 0 Å². The molecule has 1 rings (SSSR count). The Hall–Kier alpha value is -1.22. The second-order valence-corrected chi connectivity index (χ2v) is 5.28. The van der Waals surface area contributed by atoms with Gasteiger partial charge in [-0.25, -0.2) is 0 Å². The second-order valence-electron chi connectivity index (χ2n) is 5.28. The first-order valence-corrected chi connectivity index (χ1v) is 7.76. The summed E-state index contributed by atoms with van der Waals surface area (Å²) in [6.07, 6.45) is 7.59. The van der Waals surface area contributed by atoms with Gasteiger partial charge in [0.25, 0.3) is 0 Å². The molecule has 3 nitrogen and oxygen atoms in total. The van der Waals surface area contributed by atoms with Crippen LogP contribution in [0.1, 0.15) is 64.0 Å². The Morgan fingerprint density at radius 3 is 2.35 bits per heavy atom. The van der Waals surface area contributed by atoms with Crippen LogP contribution in [0.5, 0.6) is 11.5 Å². The van der Waals surface area contributed by atoms with E-state index < -0.39 is 0 Å². The first kappa shape index (κ1) is 16.8. The highest BCUT2D eigenvalue weighted by atomic mass is 16.5. The topological polar surface area (TPSA) is 44.5 Å². The van der Waals surface area contributed by atoms with Gasteiger partial charge >= 0.3 is 0 Å². The zero-order valence-corrected chi connectivity index (χ0v) is 13.2. The average molecular weight is 279 g/mol. The molecule has 1 atom stereocenters. The van der Waals surface area contributed by atoms with Crippen LogP contribution in [0.15, 0.2) is 18.2 Å². The van der Waals surface area contributed by atoms with E-state index in [2.05, 4.69) is 6.92 Å². The predicted octanol–water partition coefficient (Wildman–Crippen LogP) is 4.45. The number of rotatable bonds is 10. The summed E-state index contributed by atoms with van der Waals surface area (Å²) in [6.45, 7) is 4.94. The van der Waals surface area contributed by atoms with Gasteiger partial charge in [-0.05, 0) is 25.5 Å². The molecule has 1 aromatic rings. The Balaban J connectivity index is 2.43. The van der Waals surface area contributed by atoms with E-state index in [4.69, 9.17) is 15.2 Å². The van der Waals surface area contributed by atoms with Crippen LogP contribution in [0, 0.1) is 0 Å². The Kier molecular flexibility index (Phi) is 8.12. The molecule has 0 aromatic heterocycles. The summed E-state index contributed by atoms with van der Waals surface area (Å²) >= 11 is 0. The monoisotopic (exact) mass is 279 g/mol. The number of hydrogen-bond donors (Lipinski definition) is 1. The summed E-state index contributed by atoms with van der Waals surface area (Å²) in [5.74, 6) is 1.66. The molecule has 3 heteroatoms. The Morgan fingerprint density at radius 2 is 1.70 bits per heavy atom. The maximum Gasteiger partial charge on any atom is 0.127 e. The maximum atomic E-state index is 6.02. The van der Waals surface area contributed by atoms with Crippen LogP contribution in [0.2, 0.25) is 0 Å². The summed E-state index contributed by atoms with van der Waals surface area (Å²) in [5.41, 5.74) is 6.98. The molecule has 0 aliphatic rings. The van der Waals surface area contributed by atoms with Crippen LogP contribution in [0.4, 0.5) is 0 Å². The van der Waals surface area contributed by atoms with Gasteiger partial charge in [-0.3, -0.25) is 0 Å². The highest BCUT2D eigenvalue weighted by Gasteiger charge is 2.13. The molecule has 0 bridgehead atoms. The molecule has 0 heterocycles. The predicted molar refractivity (Wildman–Crippen MR) is 84.5 cm³/mol. The van der Waals surface area contributed by atoms with E-state index in [0.717, 1.165) is 30.1 Å². The molecular weight excluding hydrogens is 250 g/mol. The van der Waals surface area contributed by atoms with Gasteiger partial charge in [-0.2, -0.15) is 0 Å². The minimum atomic E-state index is -0.0919. The largest absolute Gasteiger partial charge is 0.496 e. The molecule has 114 valence electrons. The zero-order valence-electron chi connectivity index (χ0n) is 13.2. The van der Waals surface area contributed by atoms with Gasteiger partial charge in [0.2, 0.25) is 0 Å². The smallest absolute Gasteiger partial charge is 0.127 e. The maximum absolute atomic E-state index is 6.02. The van der Waals surface area contributed by atoms with Crippen molar-refractivity contribution in [2.75, 3.05) is 13.7 Å². The zero-order chi connectivity index (χ0) is 14.8. The van der Waals surface area contributed by atoms with Crippen LogP contribution >= 0.6 is 0 Å². The van der Waals surface area contributed by atoms with E-state index in [9.17, 15) is 0 Å². The van der Waals surface area contributed by atoms with Crippen molar-refractivity contribution in [3.63, 3.8) is 0 Å². The van der Waals surface area contributed by atoms with Gasteiger partial charge < -0.3 is 15.2 Å². The lowest BCUT2D eigenvalue weighted by atomic mass is 10.1. The molecule has 0 aliphatic carbocycles. The molecule has 0 unspecified atom stereocenters. The van der Waals surface area contributed by atoms with Crippen molar-refractivity contribution in [2.24, 2.45) is 5.73 Å². The van der Waals surface area contributed by atoms with Gasteiger partial charge in [0.05, 0.1) is 19.3 Å². The van der Waals surface area contributed by atoms with Crippen molar-refractivity contribution in [1.29, 1.82) is 0 Å². The Morgan fingerprint density at radius 1 is 1.05 bits per heavy atom. The van der Waals surface area contributed by atoms with Crippen LogP contribution in [-0.4, -0.2) is 13.7 Å². The number of unbranched alkanes of at least 4 members (excludes halogenated alkanes) is 5. The van der Waals surface area contributed by atoms with E-state index in [0.29, 0.717) is 0 Å².